The summed E-state index contributed by atoms with van der Waals surface area (Å²) in [5.41, 5.74) is 1.55. The monoisotopic (exact) mass is 430 g/mol. The number of aromatic nitrogens is 4. The summed E-state index contributed by atoms with van der Waals surface area (Å²) in [5, 5.41) is 0.766. The Labute approximate surface area is 179 Å². The number of halogens is 1. The highest BCUT2D eigenvalue weighted by molar-refractivity contribution is 6.30. The SMILES string of the molecule is Cn1c(=O)c2c(ncn2CCN2CCCN(Cc3ccc(Cl)cc3)CC2)n(C)c1=O. The third-order valence-corrected chi connectivity index (χ3v) is 6.13. The third-order valence-electron chi connectivity index (χ3n) is 5.87. The average molecular weight is 431 g/mol. The first kappa shape index (κ1) is 20.8. The minimum Gasteiger partial charge on any atom is -0.323 e. The van der Waals surface area contributed by atoms with Gasteiger partial charge in [0.1, 0.15) is 0 Å². The maximum Gasteiger partial charge on any atom is 0.332 e. The number of nitrogens with zero attached hydrogens (tertiary/aromatic N) is 6. The van der Waals surface area contributed by atoms with Crippen LogP contribution in [0.4, 0.5) is 0 Å². The molecule has 1 aliphatic rings. The van der Waals surface area contributed by atoms with Gasteiger partial charge in [-0.2, -0.15) is 0 Å². The molecule has 1 fully saturated rings. The molecule has 0 N–H and O–H groups in total. The van der Waals surface area contributed by atoms with Crippen LogP contribution in [0, 0.1) is 0 Å². The molecule has 3 heterocycles. The molecule has 0 amide bonds. The molecule has 0 saturated carbocycles. The molecule has 30 heavy (non-hydrogen) atoms. The summed E-state index contributed by atoms with van der Waals surface area (Å²) in [6.07, 6.45) is 2.77. The highest BCUT2D eigenvalue weighted by Crippen LogP contribution is 2.13. The quantitative estimate of drug-likeness (QED) is 0.610. The van der Waals surface area contributed by atoms with Gasteiger partial charge in [-0.3, -0.25) is 18.8 Å². The molecular formula is C21H27ClN6O2. The molecule has 4 rings (SSSR count). The molecule has 8 nitrogen and oxygen atoms in total. The van der Waals surface area contributed by atoms with Gasteiger partial charge < -0.3 is 9.47 Å². The molecule has 0 spiro atoms. The minimum absolute atomic E-state index is 0.296. The van der Waals surface area contributed by atoms with Crippen LogP contribution in [0.1, 0.15) is 12.0 Å². The van der Waals surface area contributed by atoms with Crippen molar-refractivity contribution in [1.82, 2.24) is 28.5 Å². The van der Waals surface area contributed by atoms with E-state index in [0.717, 1.165) is 55.3 Å². The Morgan fingerprint density at radius 3 is 2.40 bits per heavy atom. The van der Waals surface area contributed by atoms with Crippen molar-refractivity contribution in [3.8, 4) is 0 Å². The summed E-state index contributed by atoms with van der Waals surface area (Å²) < 4.78 is 4.43. The van der Waals surface area contributed by atoms with Gasteiger partial charge in [-0.25, -0.2) is 9.78 Å². The third kappa shape index (κ3) is 4.21. The van der Waals surface area contributed by atoms with Crippen LogP contribution >= 0.6 is 11.6 Å². The zero-order valence-corrected chi connectivity index (χ0v) is 18.2. The topological polar surface area (TPSA) is 68.3 Å². The first-order chi connectivity index (χ1) is 14.4. The molecule has 9 heteroatoms. The van der Waals surface area contributed by atoms with Gasteiger partial charge in [0.2, 0.25) is 0 Å². The first-order valence-corrected chi connectivity index (χ1v) is 10.6. The zero-order chi connectivity index (χ0) is 21.3. The van der Waals surface area contributed by atoms with Gasteiger partial charge in [0, 0.05) is 51.8 Å². The molecule has 0 radical (unpaired) electrons. The molecule has 0 unspecified atom stereocenters. The summed E-state index contributed by atoms with van der Waals surface area (Å²) in [5.74, 6) is 0. The normalized spacial score (nSPS) is 16.2. The van der Waals surface area contributed by atoms with Crippen LogP contribution in [0.15, 0.2) is 40.2 Å². The molecule has 1 aliphatic heterocycles. The van der Waals surface area contributed by atoms with Crippen LogP contribution in [0.2, 0.25) is 5.02 Å². The highest BCUT2D eigenvalue weighted by Gasteiger charge is 2.17. The standard InChI is InChI=1S/C21H27ClN6O2/c1-24-19-18(20(29)25(2)21(24)30)28(15-23-19)13-12-26-8-3-9-27(11-10-26)14-16-4-6-17(22)7-5-16/h4-7,15H,3,8-14H2,1-2H3. The lowest BCUT2D eigenvalue weighted by Crippen LogP contribution is -2.38. The number of aryl methyl sites for hydroxylation is 1. The van der Waals surface area contributed by atoms with Gasteiger partial charge in [0.15, 0.2) is 11.2 Å². The van der Waals surface area contributed by atoms with Crippen molar-refractivity contribution in [2.75, 3.05) is 32.7 Å². The van der Waals surface area contributed by atoms with Gasteiger partial charge >= 0.3 is 5.69 Å². The van der Waals surface area contributed by atoms with Crippen molar-refractivity contribution >= 4 is 22.8 Å². The Morgan fingerprint density at radius 2 is 1.63 bits per heavy atom. The second kappa shape index (κ2) is 8.75. The Kier molecular flexibility index (Phi) is 6.08. The maximum absolute atomic E-state index is 12.6. The molecule has 160 valence electrons. The van der Waals surface area contributed by atoms with Crippen molar-refractivity contribution in [2.45, 2.75) is 19.5 Å². The van der Waals surface area contributed by atoms with E-state index >= 15 is 0 Å². The lowest BCUT2D eigenvalue weighted by atomic mass is 10.2. The largest absolute Gasteiger partial charge is 0.332 e. The van der Waals surface area contributed by atoms with E-state index < -0.39 is 0 Å². The average Bonchev–Trinajstić information content (AvgIpc) is 3.04. The van der Waals surface area contributed by atoms with Crippen molar-refractivity contribution < 1.29 is 0 Å². The fourth-order valence-corrected chi connectivity index (χ4v) is 4.20. The van der Waals surface area contributed by atoms with Crippen LogP contribution in [0.3, 0.4) is 0 Å². The van der Waals surface area contributed by atoms with Crippen LogP contribution in [-0.4, -0.2) is 61.2 Å². The zero-order valence-electron chi connectivity index (χ0n) is 17.4. The summed E-state index contributed by atoms with van der Waals surface area (Å²) in [4.78, 5) is 33.9. The number of hydrogen-bond donors (Lipinski definition) is 0. The molecule has 0 bridgehead atoms. The van der Waals surface area contributed by atoms with Gasteiger partial charge in [-0.1, -0.05) is 23.7 Å². The van der Waals surface area contributed by atoms with Crippen LogP contribution < -0.4 is 11.2 Å². The van der Waals surface area contributed by atoms with E-state index in [1.807, 2.05) is 16.7 Å². The number of imidazole rings is 1. The Morgan fingerprint density at radius 1 is 0.933 bits per heavy atom. The van der Waals surface area contributed by atoms with E-state index in [1.54, 1.807) is 13.4 Å². The molecule has 3 aromatic rings. The molecular weight excluding hydrogens is 404 g/mol. The maximum atomic E-state index is 12.6. The van der Waals surface area contributed by atoms with E-state index in [9.17, 15) is 9.59 Å². The van der Waals surface area contributed by atoms with Gasteiger partial charge in [0.05, 0.1) is 6.33 Å². The lowest BCUT2D eigenvalue weighted by Gasteiger charge is -2.22. The van der Waals surface area contributed by atoms with E-state index in [1.165, 1.54) is 17.2 Å². The molecule has 0 aliphatic carbocycles. The summed E-state index contributed by atoms with van der Waals surface area (Å²) in [6.45, 7) is 6.52. The van der Waals surface area contributed by atoms with Crippen LogP contribution in [0.25, 0.3) is 11.2 Å². The molecule has 1 aromatic carbocycles. The van der Waals surface area contributed by atoms with Gasteiger partial charge in [-0.15, -0.1) is 0 Å². The van der Waals surface area contributed by atoms with E-state index in [0.29, 0.717) is 17.7 Å². The predicted octanol–water partition coefficient (Wildman–Crippen LogP) is 1.29. The smallest absolute Gasteiger partial charge is 0.323 e. The van der Waals surface area contributed by atoms with Crippen molar-refractivity contribution in [3.63, 3.8) is 0 Å². The number of rotatable bonds is 5. The summed E-state index contributed by atoms with van der Waals surface area (Å²) in [6, 6.07) is 8.05. The number of hydrogen-bond acceptors (Lipinski definition) is 5. The fourth-order valence-electron chi connectivity index (χ4n) is 4.07. The fraction of sp³-hybridized carbons (Fsp3) is 0.476. The lowest BCUT2D eigenvalue weighted by molar-refractivity contribution is 0.247. The van der Waals surface area contributed by atoms with Crippen molar-refractivity contribution in [2.24, 2.45) is 14.1 Å². The second-order valence-corrected chi connectivity index (χ2v) is 8.35. The van der Waals surface area contributed by atoms with Crippen molar-refractivity contribution in [1.29, 1.82) is 0 Å². The Hall–Kier alpha value is -2.42. The summed E-state index contributed by atoms with van der Waals surface area (Å²) >= 11 is 5.98. The van der Waals surface area contributed by atoms with E-state index in [4.69, 9.17) is 11.6 Å². The highest BCUT2D eigenvalue weighted by atomic mass is 35.5. The first-order valence-electron chi connectivity index (χ1n) is 10.2. The second-order valence-electron chi connectivity index (χ2n) is 7.91. The van der Waals surface area contributed by atoms with Gasteiger partial charge in [0.25, 0.3) is 5.56 Å². The number of fused-ring (bicyclic) bond motifs is 1. The van der Waals surface area contributed by atoms with Crippen molar-refractivity contribution in [3.05, 3.63) is 62.0 Å². The molecule has 0 atom stereocenters. The minimum atomic E-state index is -0.356. The molecule has 1 saturated heterocycles. The Bertz CT molecular complexity index is 1150. The van der Waals surface area contributed by atoms with Crippen LogP contribution in [0.5, 0.6) is 0 Å². The Balaban J connectivity index is 1.40. The summed E-state index contributed by atoms with van der Waals surface area (Å²) in [7, 11) is 3.15. The van der Waals surface area contributed by atoms with Crippen LogP contribution in [-0.2, 0) is 27.2 Å². The van der Waals surface area contributed by atoms with E-state index in [2.05, 4.69) is 26.9 Å². The van der Waals surface area contributed by atoms with Gasteiger partial charge in [-0.05, 0) is 37.2 Å². The number of benzene rings is 1. The molecule has 2 aromatic heterocycles. The van der Waals surface area contributed by atoms with E-state index in [-0.39, 0.29) is 11.2 Å². The predicted molar refractivity (Wildman–Crippen MR) is 118 cm³/mol.